The number of hydrogen-bond acceptors (Lipinski definition) is 2. The number of hydrogen-bond donors (Lipinski definition) is 1. The van der Waals surface area contributed by atoms with Crippen molar-refractivity contribution in [1.29, 1.82) is 0 Å². The number of aryl methyl sites for hydroxylation is 1. The molecule has 1 aliphatic heterocycles. The van der Waals surface area contributed by atoms with Gasteiger partial charge in [0.05, 0.1) is 0 Å². The van der Waals surface area contributed by atoms with Crippen molar-refractivity contribution in [2.75, 3.05) is 19.6 Å². The van der Waals surface area contributed by atoms with Crippen LogP contribution in [0.4, 0.5) is 0 Å². The lowest BCUT2D eigenvalue weighted by Crippen LogP contribution is -2.28. The SMILES string of the molecule is CCc1ccc(CCN2CCC(N)C2)cc1. The van der Waals surface area contributed by atoms with Crippen molar-refractivity contribution >= 4 is 0 Å². The van der Waals surface area contributed by atoms with E-state index in [1.165, 1.54) is 17.7 Å². The van der Waals surface area contributed by atoms with E-state index in [4.69, 9.17) is 5.73 Å². The van der Waals surface area contributed by atoms with Gasteiger partial charge in [-0.3, -0.25) is 0 Å². The number of rotatable bonds is 4. The van der Waals surface area contributed by atoms with Gasteiger partial charge in [-0.15, -0.1) is 0 Å². The molecule has 0 radical (unpaired) electrons. The minimum atomic E-state index is 0.405. The molecule has 1 unspecified atom stereocenters. The van der Waals surface area contributed by atoms with E-state index < -0.39 is 0 Å². The van der Waals surface area contributed by atoms with E-state index in [1.54, 1.807) is 0 Å². The van der Waals surface area contributed by atoms with Gasteiger partial charge in [0.15, 0.2) is 0 Å². The van der Waals surface area contributed by atoms with E-state index in [0.29, 0.717) is 6.04 Å². The van der Waals surface area contributed by atoms with Crippen LogP contribution in [0.3, 0.4) is 0 Å². The fraction of sp³-hybridized carbons (Fsp3) is 0.571. The quantitative estimate of drug-likeness (QED) is 0.835. The van der Waals surface area contributed by atoms with Crippen LogP contribution in [0.2, 0.25) is 0 Å². The Labute approximate surface area is 98.4 Å². The van der Waals surface area contributed by atoms with Crippen molar-refractivity contribution in [2.24, 2.45) is 5.73 Å². The lowest BCUT2D eigenvalue weighted by molar-refractivity contribution is 0.339. The molecule has 2 nitrogen and oxygen atoms in total. The Morgan fingerprint density at radius 3 is 2.50 bits per heavy atom. The van der Waals surface area contributed by atoms with Crippen LogP contribution in [0.5, 0.6) is 0 Å². The fourth-order valence-corrected chi connectivity index (χ4v) is 2.29. The number of benzene rings is 1. The molecule has 1 aliphatic rings. The van der Waals surface area contributed by atoms with Crippen LogP contribution in [-0.4, -0.2) is 30.6 Å². The fourth-order valence-electron chi connectivity index (χ4n) is 2.29. The van der Waals surface area contributed by atoms with Crippen molar-refractivity contribution < 1.29 is 0 Å². The molecule has 1 heterocycles. The Morgan fingerprint density at radius 1 is 1.25 bits per heavy atom. The first-order chi connectivity index (χ1) is 7.78. The van der Waals surface area contributed by atoms with E-state index >= 15 is 0 Å². The van der Waals surface area contributed by atoms with Gasteiger partial charge in [-0.2, -0.15) is 0 Å². The second kappa shape index (κ2) is 5.46. The maximum Gasteiger partial charge on any atom is 0.0180 e. The highest BCUT2D eigenvalue weighted by Gasteiger charge is 2.17. The summed E-state index contributed by atoms with van der Waals surface area (Å²) in [5.41, 5.74) is 8.76. The molecule has 0 aromatic heterocycles. The molecule has 0 aliphatic carbocycles. The third-order valence-electron chi connectivity index (χ3n) is 3.46. The molecule has 2 rings (SSSR count). The molecule has 1 saturated heterocycles. The first kappa shape index (κ1) is 11.6. The zero-order valence-corrected chi connectivity index (χ0v) is 10.2. The van der Waals surface area contributed by atoms with Gasteiger partial charge < -0.3 is 10.6 Å². The molecule has 88 valence electrons. The Bertz CT molecular complexity index is 318. The average molecular weight is 218 g/mol. The van der Waals surface area contributed by atoms with Crippen molar-refractivity contribution in [3.05, 3.63) is 35.4 Å². The summed E-state index contributed by atoms with van der Waals surface area (Å²) in [5, 5.41) is 0. The lowest BCUT2D eigenvalue weighted by atomic mass is 10.1. The van der Waals surface area contributed by atoms with Crippen molar-refractivity contribution in [1.82, 2.24) is 4.90 Å². The van der Waals surface area contributed by atoms with Gasteiger partial charge in [-0.25, -0.2) is 0 Å². The second-order valence-corrected chi connectivity index (χ2v) is 4.77. The van der Waals surface area contributed by atoms with Gasteiger partial charge in [0.25, 0.3) is 0 Å². The molecule has 1 atom stereocenters. The molecule has 0 bridgehead atoms. The first-order valence-corrected chi connectivity index (χ1v) is 6.33. The minimum absolute atomic E-state index is 0.405. The van der Waals surface area contributed by atoms with Crippen LogP contribution in [0, 0.1) is 0 Å². The lowest BCUT2D eigenvalue weighted by Gasteiger charge is -2.14. The van der Waals surface area contributed by atoms with E-state index in [1.807, 2.05) is 0 Å². The summed E-state index contributed by atoms with van der Waals surface area (Å²) in [7, 11) is 0. The third kappa shape index (κ3) is 3.06. The van der Waals surface area contributed by atoms with Crippen molar-refractivity contribution in [3.63, 3.8) is 0 Å². The molecule has 0 amide bonds. The smallest absolute Gasteiger partial charge is 0.0180 e. The van der Waals surface area contributed by atoms with Crippen LogP contribution < -0.4 is 5.73 Å². The highest BCUT2D eigenvalue weighted by atomic mass is 15.2. The Hall–Kier alpha value is -0.860. The highest BCUT2D eigenvalue weighted by Crippen LogP contribution is 2.10. The van der Waals surface area contributed by atoms with Crippen LogP contribution in [0.25, 0.3) is 0 Å². The highest BCUT2D eigenvalue weighted by molar-refractivity contribution is 5.22. The Kier molecular flexibility index (Phi) is 3.97. The minimum Gasteiger partial charge on any atom is -0.326 e. The molecule has 0 spiro atoms. The molecule has 2 heteroatoms. The summed E-state index contributed by atoms with van der Waals surface area (Å²) in [6.45, 7) is 5.60. The van der Waals surface area contributed by atoms with Gasteiger partial charge in [0.1, 0.15) is 0 Å². The van der Waals surface area contributed by atoms with E-state index in [9.17, 15) is 0 Å². The van der Waals surface area contributed by atoms with Crippen LogP contribution in [-0.2, 0) is 12.8 Å². The van der Waals surface area contributed by atoms with Crippen LogP contribution in [0.15, 0.2) is 24.3 Å². The normalized spacial score (nSPS) is 21.5. The number of likely N-dealkylation sites (tertiary alicyclic amines) is 1. The summed E-state index contributed by atoms with van der Waals surface area (Å²) >= 11 is 0. The second-order valence-electron chi connectivity index (χ2n) is 4.77. The topological polar surface area (TPSA) is 29.3 Å². The third-order valence-corrected chi connectivity index (χ3v) is 3.46. The predicted octanol–water partition coefficient (Wildman–Crippen LogP) is 1.82. The van der Waals surface area contributed by atoms with Crippen LogP contribution in [0.1, 0.15) is 24.5 Å². The molecular weight excluding hydrogens is 196 g/mol. The summed E-state index contributed by atoms with van der Waals surface area (Å²) in [4.78, 5) is 2.47. The maximum absolute atomic E-state index is 5.89. The maximum atomic E-state index is 5.89. The van der Waals surface area contributed by atoms with Gasteiger partial charge in [-0.1, -0.05) is 31.2 Å². The monoisotopic (exact) mass is 218 g/mol. The van der Waals surface area contributed by atoms with Crippen molar-refractivity contribution in [2.45, 2.75) is 32.2 Å². The van der Waals surface area contributed by atoms with Crippen molar-refractivity contribution in [3.8, 4) is 0 Å². The summed E-state index contributed by atoms with van der Waals surface area (Å²) < 4.78 is 0. The van der Waals surface area contributed by atoms with Gasteiger partial charge >= 0.3 is 0 Å². The number of nitrogens with zero attached hydrogens (tertiary/aromatic N) is 1. The zero-order valence-electron chi connectivity index (χ0n) is 10.2. The molecule has 2 N–H and O–H groups in total. The Balaban J connectivity index is 1.80. The molecule has 1 fully saturated rings. The van der Waals surface area contributed by atoms with Gasteiger partial charge in [0, 0.05) is 19.1 Å². The first-order valence-electron chi connectivity index (χ1n) is 6.33. The summed E-state index contributed by atoms with van der Waals surface area (Å²) in [6, 6.07) is 9.40. The summed E-state index contributed by atoms with van der Waals surface area (Å²) in [6.07, 6.45) is 3.44. The average Bonchev–Trinajstić information content (AvgIpc) is 2.73. The predicted molar refractivity (Wildman–Crippen MR) is 68.6 cm³/mol. The van der Waals surface area contributed by atoms with E-state index in [0.717, 1.165) is 32.4 Å². The molecular formula is C14H22N2. The molecule has 1 aromatic rings. The van der Waals surface area contributed by atoms with Gasteiger partial charge in [0.2, 0.25) is 0 Å². The zero-order chi connectivity index (χ0) is 11.4. The standard InChI is InChI=1S/C14H22N2/c1-2-12-3-5-13(6-4-12)7-9-16-10-8-14(15)11-16/h3-6,14H,2,7-11,15H2,1H3. The largest absolute Gasteiger partial charge is 0.326 e. The molecule has 1 aromatic carbocycles. The summed E-state index contributed by atoms with van der Waals surface area (Å²) in [5.74, 6) is 0. The molecule has 0 saturated carbocycles. The van der Waals surface area contributed by atoms with E-state index in [2.05, 4.69) is 36.1 Å². The molecule has 16 heavy (non-hydrogen) atoms. The van der Waals surface area contributed by atoms with E-state index in [-0.39, 0.29) is 0 Å². The van der Waals surface area contributed by atoms with Gasteiger partial charge in [-0.05, 0) is 36.9 Å². The Morgan fingerprint density at radius 2 is 1.94 bits per heavy atom. The van der Waals surface area contributed by atoms with Crippen LogP contribution >= 0.6 is 0 Å². The number of nitrogens with two attached hydrogens (primary N) is 1.